The minimum atomic E-state index is -0.843. The Labute approximate surface area is 139 Å². The smallest absolute Gasteiger partial charge is 0.226 e. The van der Waals surface area contributed by atoms with Crippen molar-refractivity contribution in [3.05, 3.63) is 59.7 Å². The van der Waals surface area contributed by atoms with Crippen molar-refractivity contribution in [2.75, 3.05) is 16.8 Å². The molecule has 0 fully saturated rings. The maximum absolute atomic E-state index is 13.8. The number of nitrogens with one attached hydrogen (secondary N) is 1. The second kappa shape index (κ2) is 7.68. The van der Waals surface area contributed by atoms with Crippen LogP contribution in [0.1, 0.15) is 18.9 Å². The van der Waals surface area contributed by atoms with Gasteiger partial charge in [0.1, 0.15) is 17.3 Å². The molecule has 0 aliphatic rings. The fourth-order valence-electron chi connectivity index (χ4n) is 2.25. The molecule has 126 valence electrons. The summed E-state index contributed by atoms with van der Waals surface area (Å²) in [5, 5.41) is 2.68. The molecule has 24 heavy (non-hydrogen) atoms. The molecule has 0 atom stereocenters. The Kier molecular flexibility index (Phi) is 5.63. The van der Waals surface area contributed by atoms with Gasteiger partial charge in [-0.25, -0.2) is 8.78 Å². The third-order valence-electron chi connectivity index (χ3n) is 3.49. The van der Waals surface area contributed by atoms with E-state index >= 15 is 0 Å². The molecule has 0 unspecified atom stereocenters. The molecule has 6 heteroatoms. The summed E-state index contributed by atoms with van der Waals surface area (Å²) in [6.45, 7) is 3.01. The summed E-state index contributed by atoms with van der Waals surface area (Å²) in [5.41, 5.74) is 1.25. The van der Waals surface area contributed by atoms with Gasteiger partial charge in [-0.15, -0.1) is 0 Å². The topological polar surface area (TPSA) is 49.4 Å². The lowest BCUT2D eigenvalue weighted by Gasteiger charge is -2.22. The van der Waals surface area contributed by atoms with Crippen molar-refractivity contribution in [3.8, 4) is 0 Å². The van der Waals surface area contributed by atoms with Crippen LogP contribution in [-0.4, -0.2) is 18.4 Å². The number of hydrogen-bond donors (Lipinski definition) is 1. The number of halogens is 2. The molecule has 0 saturated carbocycles. The number of nitrogens with zero attached hydrogens (tertiary/aromatic N) is 1. The van der Waals surface area contributed by atoms with Crippen LogP contribution in [0.5, 0.6) is 0 Å². The lowest BCUT2D eigenvalue weighted by atomic mass is 10.2. The van der Waals surface area contributed by atoms with E-state index in [1.165, 1.54) is 13.0 Å². The third kappa shape index (κ3) is 4.38. The van der Waals surface area contributed by atoms with E-state index in [-0.39, 0.29) is 18.9 Å². The van der Waals surface area contributed by atoms with E-state index < -0.39 is 23.2 Å². The van der Waals surface area contributed by atoms with Gasteiger partial charge in [-0.1, -0.05) is 23.8 Å². The summed E-state index contributed by atoms with van der Waals surface area (Å²) in [6, 6.07) is 10.6. The van der Waals surface area contributed by atoms with Crippen LogP contribution in [0, 0.1) is 18.6 Å². The molecule has 1 N–H and O–H groups in total. The standard InChI is InChI=1S/C18H18F2N2O2/c1-12-6-8-14(9-7-12)21-17(24)10-11-22(13(2)23)18-15(19)4-3-5-16(18)20/h3-9H,10-11H2,1-2H3,(H,21,24). The van der Waals surface area contributed by atoms with E-state index in [4.69, 9.17) is 0 Å². The SMILES string of the molecule is CC(=O)N(CCC(=O)Nc1ccc(C)cc1)c1c(F)cccc1F. The summed E-state index contributed by atoms with van der Waals surface area (Å²) in [6.07, 6.45) is -0.0821. The summed E-state index contributed by atoms with van der Waals surface area (Å²) >= 11 is 0. The van der Waals surface area contributed by atoms with E-state index in [1.807, 2.05) is 19.1 Å². The average molecular weight is 332 g/mol. The lowest BCUT2D eigenvalue weighted by Crippen LogP contribution is -2.33. The maximum atomic E-state index is 13.8. The Morgan fingerprint density at radius 2 is 1.62 bits per heavy atom. The van der Waals surface area contributed by atoms with Crippen LogP contribution in [0.25, 0.3) is 0 Å². The zero-order chi connectivity index (χ0) is 17.7. The Morgan fingerprint density at radius 1 is 1.04 bits per heavy atom. The zero-order valence-electron chi connectivity index (χ0n) is 13.5. The molecule has 0 saturated heterocycles. The van der Waals surface area contributed by atoms with Crippen molar-refractivity contribution in [1.29, 1.82) is 0 Å². The summed E-state index contributed by atoms with van der Waals surface area (Å²) in [7, 11) is 0. The molecule has 4 nitrogen and oxygen atoms in total. The Balaban J connectivity index is 2.05. The molecule has 0 bridgehead atoms. The fraction of sp³-hybridized carbons (Fsp3) is 0.222. The molecular formula is C18H18F2N2O2. The molecule has 2 rings (SSSR count). The quantitative estimate of drug-likeness (QED) is 0.908. The maximum Gasteiger partial charge on any atom is 0.226 e. The summed E-state index contributed by atoms with van der Waals surface area (Å²) in [4.78, 5) is 24.6. The van der Waals surface area contributed by atoms with Crippen molar-refractivity contribution in [1.82, 2.24) is 0 Å². The number of hydrogen-bond acceptors (Lipinski definition) is 2. The number of para-hydroxylation sites is 1. The second-order valence-corrected chi connectivity index (χ2v) is 5.41. The van der Waals surface area contributed by atoms with E-state index in [9.17, 15) is 18.4 Å². The lowest BCUT2D eigenvalue weighted by molar-refractivity contribution is -0.117. The van der Waals surface area contributed by atoms with Crippen LogP contribution < -0.4 is 10.2 Å². The Hall–Kier alpha value is -2.76. The van der Waals surface area contributed by atoms with Crippen molar-refractivity contribution in [3.63, 3.8) is 0 Å². The van der Waals surface area contributed by atoms with Gasteiger partial charge >= 0.3 is 0 Å². The van der Waals surface area contributed by atoms with Gasteiger partial charge in [0.25, 0.3) is 0 Å². The van der Waals surface area contributed by atoms with Crippen LogP contribution >= 0.6 is 0 Å². The highest BCUT2D eigenvalue weighted by molar-refractivity contribution is 5.95. The number of anilines is 2. The van der Waals surface area contributed by atoms with Crippen LogP contribution in [0.4, 0.5) is 20.2 Å². The molecule has 0 heterocycles. The molecular weight excluding hydrogens is 314 g/mol. The largest absolute Gasteiger partial charge is 0.326 e. The number of aryl methyl sites for hydroxylation is 1. The molecule has 0 aromatic heterocycles. The van der Waals surface area contributed by atoms with Crippen molar-refractivity contribution in [2.24, 2.45) is 0 Å². The predicted molar refractivity (Wildman–Crippen MR) is 88.8 cm³/mol. The third-order valence-corrected chi connectivity index (χ3v) is 3.49. The first kappa shape index (κ1) is 17.6. The van der Waals surface area contributed by atoms with Crippen molar-refractivity contribution < 1.29 is 18.4 Å². The average Bonchev–Trinajstić information content (AvgIpc) is 2.52. The van der Waals surface area contributed by atoms with Gasteiger partial charge < -0.3 is 10.2 Å². The molecule has 2 aromatic rings. The summed E-state index contributed by atoms with van der Waals surface area (Å²) < 4.78 is 27.7. The van der Waals surface area contributed by atoms with E-state index in [1.54, 1.807) is 12.1 Å². The van der Waals surface area contributed by atoms with Gasteiger partial charge in [-0.05, 0) is 31.2 Å². The van der Waals surface area contributed by atoms with Crippen LogP contribution in [0.2, 0.25) is 0 Å². The van der Waals surface area contributed by atoms with Gasteiger partial charge in [0.05, 0.1) is 0 Å². The molecule has 0 radical (unpaired) electrons. The first-order valence-electron chi connectivity index (χ1n) is 7.47. The molecule has 0 aliphatic heterocycles. The zero-order valence-corrected chi connectivity index (χ0v) is 13.5. The fourth-order valence-corrected chi connectivity index (χ4v) is 2.25. The number of amides is 2. The Bertz CT molecular complexity index is 725. The molecule has 2 amide bonds. The van der Waals surface area contributed by atoms with Gasteiger partial charge in [-0.2, -0.15) is 0 Å². The highest BCUT2D eigenvalue weighted by Crippen LogP contribution is 2.23. The highest BCUT2D eigenvalue weighted by atomic mass is 19.1. The van der Waals surface area contributed by atoms with Gasteiger partial charge in [-0.3, -0.25) is 9.59 Å². The highest BCUT2D eigenvalue weighted by Gasteiger charge is 2.20. The number of carbonyl (C=O) groups is 2. The van der Waals surface area contributed by atoms with E-state index in [2.05, 4.69) is 5.32 Å². The van der Waals surface area contributed by atoms with Crippen LogP contribution in [0.3, 0.4) is 0 Å². The molecule has 2 aromatic carbocycles. The number of benzene rings is 2. The van der Waals surface area contributed by atoms with Gasteiger partial charge in [0.2, 0.25) is 11.8 Å². The monoisotopic (exact) mass is 332 g/mol. The van der Waals surface area contributed by atoms with E-state index in [0.29, 0.717) is 5.69 Å². The number of rotatable bonds is 5. The first-order valence-corrected chi connectivity index (χ1v) is 7.47. The van der Waals surface area contributed by atoms with Crippen molar-refractivity contribution >= 4 is 23.2 Å². The second-order valence-electron chi connectivity index (χ2n) is 5.41. The normalized spacial score (nSPS) is 10.3. The minimum Gasteiger partial charge on any atom is -0.326 e. The van der Waals surface area contributed by atoms with Crippen molar-refractivity contribution in [2.45, 2.75) is 20.3 Å². The first-order chi connectivity index (χ1) is 11.4. The predicted octanol–water partition coefficient (Wildman–Crippen LogP) is 3.65. The minimum absolute atomic E-state index is 0.0821. The van der Waals surface area contributed by atoms with Crippen LogP contribution in [-0.2, 0) is 9.59 Å². The van der Waals surface area contributed by atoms with Gasteiger partial charge in [0, 0.05) is 25.6 Å². The van der Waals surface area contributed by atoms with E-state index in [0.717, 1.165) is 22.6 Å². The number of carbonyl (C=O) groups excluding carboxylic acids is 2. The van der Waals surface area contributed by atoms with Gasteiger partial charge in [0.15, 0.2) is 0 Å². The molecule has 0 spiro atoms. The van der Waals surface area contributed by atoms with Crippen LogP contribution in [0.15, 0.2) is 42.5 Å². The molecule has 0 aliphatic carbocycles. The Morgan fingerprint density at radius 3 is 2.17 bits per heavy atom. The summed E-state index contributed by atoms with van der Waals surface area (Å²) in [5.74, 6) is -2.57.